The summed E-state index contributed by atoms with van der Waals surface area (Å²) in [5.41, 5.74) is 1.20. The molecule has 1 fully saturated rings. The van der Waals surface area contributed by atoms with Crippen LogP contribution in [-0.2, 0) is 10.9 Å². The monoisotopic (exact) mass is 450 g/mol. The first-order chi connectivity index (χ1) is 15.2. The van der Waals surface area contributed by atoms with Crippen LogP contribution in [0.4, 0.5) is 17.6 Å². The third-order valence-electron chi connectivity index (χ3n) is 6.01. The zero-order chi connectivity index (χ0) is 23.0. The van der Waals surface area contributed by atoms with E-state index in [-0.39, 0.29) is 11.5 Å². The lowest BCUT2D eigenvalue weighted by Crippen LogP contribution is -2.44. The molecule has 0 aliphatic carbocycles. The molecule has 1 aromatic carbocycles. The van der Waals surface area contributed by atoms with E-state index < -0.39 is 29.5 Å². The number of nitrogens with one attached hydrogen (secondary N) is 1. The Morgan fingerprint density at radius 3 is 2.69 bits per heavy atom. The van der Waals surface area contributed by atoms with Gasteiger partial charge in [-0.15, -0.1) is 0 Å². The second-order valence-electron chi connectivity index (χ2n) is 8.22. The first kappa shape index (κ1) is 22.4. The molecular weight excluding hydrogens is 426 g/mol. The fourth-order valence-electron chi connectivity index (χ4n) is 4.20. The number of fused-ring (bicyclic) bond motifs is 1. The van der Waals surface area contributed by atoms with Gasteiger partial charge in [0.2, 0.25) is 0 Å². The molecule has 32 heavy (non-hydrogen) atoms. The lowest BCUT2D eigenvalue weighted by molar-refractivity contribution is -0.535. The molecule has 3 heterocycles. The van der Waals surface area contributed by atoms with Gasteiger partial charge in [0.05, 0.1) is 17.8 Å². The van der Waals surface area contributed by atoms with Crippen molar-refractivity contribution in [3.63, 3.8) is 0 Å². The standard InChI is InChI=1S/C23H23F4N3O2/c1-13-11-28-21-18(10-16(12-30(13)21)15-6-8-32-9-7-15)22(31)29-14(2)17-4-3-5-19(20(17)24)23(25,26)27/h3-5,10,12,14-15H,6-9,11H2,1-2H3/p+1/t14-/m1/s1. The van der Waals surface area contributed by atoms with E-state index in [4.69, 9.17) is 4.74 Å². The summed E-state index contributed by atoms with van der Waals surface area (Å²) in [6.45, 7) is 5.13. The van der Waals surface area contributed by atoms with E-state index in [0.717, 1.165) is 30.2 Å². The Morgan fingerprint density at radius 1 is 1.28 bits per heavy atom. The van der Waals surface area contributed by atoms with Crippen LogP contribution in [0.2, 0.25) is 0 Å². The van der Waals surface area contributed by atoms with Crippen molar-refractivity contribution in [3.05, 3.63) is 69.7 Å². The summed E-state index contributed by atoms with van der Waals surface area (Å²) in [5, 5.41) is 2.65. The Morgan fingerprint density at radius 2 is 2.00 bits per heavy atom. The number of carbonyl (C=O) groups is 1. The molecule has 1 N–H and O–H groups in total. The van der Waals surface area contributed by atoms with Gasteiger partial charge in [-0.1, -0.05) is 17.1 Å². The molecule has 1 amide bonds. The minimum absolute atomic E-state index is 0.224. The SMILES string of the molecule is CC1=[n+]2cc(C3CCOCC3)cc(C(=O)N[C@H](C)c3cccc(C(F)(F)F)c3F)c2=NC1. The highest BCUT2D eigenvalue weighted by molar-refractivity contribution is 5.94. The van der Waals surface area contributed by atoms with Crippen molar-refractivity contribution in [1.29, 1.82) is 0 Å². The number of alkyl halides is 3. The van der Waals surface area contributed by atoms with Gasteiger partial charge in [-0.3, -0.25) is 4.79 Å². The molecule has 0 radical (unpaired) electrons. The van der Waals surface area contributed by atoms with Gasteiger partial charge in [0.15, 0.2) is 6.54 Å². The molecule has 5 nitrogen and oxygen atoms in total. The zero-order valence-corrected chi connectivity index (χ0v) is 17.8. The maximum absolute atomic E-state index is 14.5. The summed E-state index contributed by atoms with van der Waals surface area (Å²) in [5.74, 6) is -1.65. The third kappa shape index (κ3) is 4.26. The highest BCUT2D eigenvalue weighted by Gasteiger charge is 2.35. The second-order valence-corrected chi connectivity index (χ2v) is 8.22. The van der Waals surface area contributed by atoms with E-state index in [1.54, 1.807) is 6.07 Å². The highest BCUT2D eigenvalue weighted by atomic mass is 19.4. The average molecular weight is 450 g/mol. The van der Waals surface area contributed by atoms with E-state index in [9.17, 15) is 22.4 Å². The Bertz CT molecular complexity index is 1170. The van der Waals surface area contributed by atoms with Crippen LogP contribution in [0.1, 0.15) is 65.7 Å². The summed E-state index contributed by atoms with van der Waals surface area (Å²) in [4.78, 5) is 17.6. The summed E-state index contributed by atoms with van der Waals surface area (Å²) in [6.07, 6.45) is -1.15. The van der Waals surface area contributed by atoms with Crippen molar-refractivity contribution in [3.8, 4) is 0 Å². The number of ether oxygens (including phenoxy) is 1. The minimum Gasteiger partial charge on any atom is -0.381 e. The Kier molecular flexibility index (Phi) is 6.03. The molecule has 1 aromatic heterocycles. The van der Waals surface area contributed by atoms with Crippen molar-refractivity contribution < 1.29 is 31.3 Å². The van der Waals surface area contributed by atoms with Gasteiger partial charge in [-0.05, 0) is 50.3 Å². The summed E-state index contributed by atoms with van der Waals surface area (Å²) >= 11 is 0. The number of amides is 1. The van der Waals surface area contributed by atoms with Gasteiger partial charge < -0.3 is 10.1 Å². The lowest BCUT2D eigenvalue weighted by atomic mass is 9.92. The number of pyridine rings is 1. The molecule has 0 bridgehead atoms. The van der Waals surface area contributed by atoms with Gasteiger partial charge in [0, 0.05) is 18.8 Å². The number of nitrogens with zero attached hydrogens (tertiary/aromatic N) is 2. The molecule has 4 rings (SSSR count). The van der Waals surface area contributed by atoms with E-state index in [1.807, 2.05) is 17.4 Å². The molecule has 2 aliphatic rings. The molecule has 170 valence electrons. The van der Waals surface area contributed by atoms with Crippen molar-refractivity contribution >= 4 is 5.91 Å². The quantitative estimate of drug-likeness (QED) is 0.572. The molecule has 2 aromatic rings. The van der Waals surface area contributed by atoms with E-state index in [1.165, 1.54) is 13.0 Å². The molecule has 0 unspecified atom stereocenters. The van der Waals surface area contributed by atoms with Crippen molar-refractivity contribution in [2.75, 3.05) is 19.8 Å². The number of hydrogen-bond acceptors (Lipinski definition) is 3. The van der Waals surface area contributed by atoms with Crippen LogP contribution in [0.3, 0.4) is 0 Å². The Hall–Kier alpha value is -2.81. The molecule has 0 spiro atoms. The first-order valence-electron chi connectivity index (χ1n) is 10.5. The van der Waals surface area contributed by atoms with Crippen LogP contribution in [0.15, 0.2) is 35.5 Å². The smallest absolute Gasteiger partial charge is 0.381 e. The first-order valence-corrected chi connectivity index (χ1v) is 10.5. The van der Waals surface area contributed by atoms with Gasteiger partial charge >= 0.3 is 11.7 Å². The van der Waals surface area contributed by atoms with Crippen LogP contribution < -0.4 is 15.0 Å². The molecule has 1 atom stereocenters. The summed E-state index contributed by atoms with van der Waals surface area (Å²) in [6, 6.07) is 3.88. The molecule has 2 aliphatic heterocycles. The number of halogens is 4. The van der Waals surface area contributed by atoms with Gasteiger partial charge in [0.25, 0.3) is 5.91 Å². The van der Waals surface area contributed by atoms with Crippen LogP contribution in [0.25, 0.3) is 0 Å². The third-order valence-corrected chi connectivity index (χ3v) is 6.01. The van der Waals surface area contributed by atoms with Crippen LogP contribution in [-0.4, -0.2) is 25.7 Å². The van der Waals surface area contributed by atoms with Gasteiger partial charge in [0.1, 0.15) is 17.1 Å². The maximum Gasteiger partial charge on any atom is 0.419 e. The molecular formula is C23H24F4N3O2+. The van der Waals surface area contributed by atoms with Crippen LogP contribution in [0.5, 0.6) is 0 Å². The number of hydrogen-bond donors (Lipinski definition) is 1. The summed E-state index contributed by atoms with van der Waals surface area (Å²) < 4.78 is 61.1. The number of rotatable bonds is 4. The minimum atomic E-state index is -4.81. The molecule has 9 heteroatoms. The zero-order valence-electron chi connectivity index (χ0n) is 17.8. The number of aromatic nitrogens is 1. The second kappa shape index (κ2) is 8.61. The van der Waals surface area contributed by atoms with Gasteiger partial charge in [-0.2, -0.15) is 17.4 Å². The number of carbonyl (C=O) groups excluding carboxylic acids is 1. The normalized spacial score (nSPS) is 17.6. The van der Waals surface area contributed by atoms with Gasteiger partial charge in [-0.25, -0.2) is 4.39 Å². The maximum atomic E-state index is 14.5. The van der Waals surface area contributed by atoms with Crippen molar-refractivity contribution in [2.24, 2.45) is 4.99 Å². The van der Waals surface area contributed by atoms with Crippen LogP contribution >= 0.6 is 0 Å². The lowest BCUT2D eigenvalue weighted by Gasteiger charge is -2.22. The predicted octanol–water partition coefficient (Wildman–Crippen LogP) is 3.55. The van der Waals surface area contributed by atoms with E-state index in [2.05, 4.69) is 10.3 Å². The number of benzene rings is 1. The largest absolute Gasteiger partial charge is 0.419 e. The van der Waals surface area contributed by atoms with E-state index in [0.29, 0.717) is 36.9 Å². The molecule has 0 saturated carbocycles. The average Bonchev–Trinajstić information content (AvgIpc) is 3.13. The Balaban J connectivity index is 1.67. The van der Waals surface area contributed by atoms with Crippen LogP contribution in [0, 0.1) is 11.5 Å². The summed E-state index contributed by atoms with van der Waals surface area (Å²) in [7, 11) is 0. The fraction of sp³-hybridized carbons (Fsp3) is 0.435. The Labute approximate surface area is 182 Å². The van der Waals surface area contributed by atoms with Crippen molar-refractivity contribution in [1.82, 2.24) is 5.32 Å². The predicted molar refractivity (Wildman–Crippen MR) is 107 cm³/mol. The topological polar surface area (TPSA) is 56.6 Å². The fourth-order valence-corrected chi connectivity index (χ4v) is 4.20. The van der Waals surface area contributed by atoms with E-state index >= 15 is 0 Å². The van der Waals surface area contributed by atoms with Crippen molar-refractivity contribution in [2.45, 2.75) is 44.8 Å². The molecule has 1 saturated heterocycles. The highest BCUT2D eigenvalue weighted by Crippen LogP contribution is 2.34.